The van der Waals surface area contributed by atoms with Gasteiger partial charge in [0.15, 0.2) is 0 Å². The van der Waals surface area contributed by atoms with Crippen LogP contribution in [0.15, 0.2) is 6.33 Å². The van der Waals surface area contributed by atoms with E-state index in [1.54, 1.807) is 6.33 Å². The molecule has 0 saturated heterocycles. The standard InChI is InChI=1S/C10H20N4/c1-4-6-11-7-10-12-8-13-14(10)9(3)5-2/h8-9,11H,4-7H2,1-3H3. The summed E-state index contributed by atoms with van der Waals surface area (Å²) in [6.07, 6.45) is 3.87. The van der Waals surface area contributed by atoms with E-state index in [9.17, 15) is 0 Å². The van der Waals surface area contributed by atoms with E-state index in [-0.39, 0.29) is 0 Å². The van der Waals surface area contributed by atoms with E-state index in [1.165, 1.54) is 0 Å². The summed E-state index contributed by atoms with van der Waals surface area (Å²) in [5.74, 6) is 1.04. The van der Waals surface area contributed by atoms with Gasteiger partial charge in [0, 0.05) is 0 Å². The van der Waals surface area contributed by atoms with Crippen molar-refractivity contribution in [2.45, 2.75) is 46.2 Å². The third-order valence-electron chi connectivity index (χ3n) is 2.37. The lowest BCUT2D eigenvalue weighted by Crippen LogP contribution is -2.19. The third-order valence-corrected chi connectivity index (χ3v) is 2.37. The highest BCUT2D eigenvalue weighted by molar-refractivity contribution is 4.86. The van der Waals surface area contributed by atoms with Crippen molar-refractivity contribution in [2.24, 2.45) is 0 Å². The second-order valence-corrected chi connectivity index (χ2v) is 3.55. The molecule has 0 aromatic carbocycles. The second kappa shape index (κ2) is 5.75. The molecule has 4 nitrogen and oxygen atoms in total. The number of hydrogen-bond acceptors (Lipinski definition) is 3. The molecule has 0 spiro atoms. The summed E-state index contributed by atoms with van der Waals surface area (Å²) in [4.78, 5) is 4.25. The second-order valence-electron chi connectivity index (χ2n) is 3.55. The molecule has 4 heteroatoms. The van der Waals surface area contributed by atoms with Crippen molar-refractivity contribution in [3.05, 3.63) is 12.2 Å². The summed E-state index contributed by atoms with van der Waals surface area (Å²) < 4.78 is 2.00. The van der Waals surface area contributed by atoms with Gasteiger partial charge >= 0.3 is 0 Å². The SMILES string of the molecule is CCCNCc1ncnn1C(C)CC. The largest absolute Gasteiger partial charge is 0.310 e. The maximum Gasteiger partial charge on any atom is 0.141 e. The minimum absolute atomic E-state index is 0.441. The van der Waals surface area contributed by atoms with Gasteiger partial charge in [0.1, 0.15) is 12.2 Å². The van der Waals surface area contributed by atoms with Crippen LogP contribution in [0.5, 0.6) is 0 Å². The Bertz CT molecular complexity index is 256. The summed E-state index contributed by atoms with van der Waals surface area (Å²) in [5.41, 5.74) is 0. The molecule has 1 heterocycles. The van der Waals surface area contributed by atoms with Gasteiger partial charge in [0.2, 0.25) is 0 Å². The molecule has 1 aromatic heterocycles. The molecule has 0 bridgehead atoms. The Morgan fingerprint density at radius 3 is 2.93 bits per heavy atom. The van der Waals surface area contributed by atoms with Gasteiger partial charge in [-0.15, -0.1) is 0 Å². The average Bonchev–Trinajstić information content (AvgIpc) is 2.65. The maximum atomic E-state index is 4.25. The Balaban J connectivity index is 2.53. The number of nitrogens with zero attached hydrogens (tertiary/aromatic N) is 3. The quantitative estimate of drug-likeness (QED) is 0.705. The van der Waals surface area contributed by atoms with Crippen LogP contribution in [-0.4, -0.2) is 21.3 Å². The topological polar surface area (TPSA) is 42.7 Å². The Hall–Kier alpha value is -0.900. The summed E-state index contributed by atoms with van der Waals surface area (Å²) >= 11 is 0. The van der Waals surface area contributed by atoms with Gasteiger partial charge in [0.05, 0.1) is 12.6 Å². The fourth-order valence-corrected chi connectivity index (χ4v) is 1.32. The predicted octanol–water partition coefficient (Wildman–Crippen LogP) is 1.75. The van der Waals surface area contributed by atoms with Crippen molar-refractivity contribution in [2.75, 3.05) is 6.54 Å². The molecule has 0 fully saturated rings. The van der Waals surface area contributed by atoms with Crippen LogP contribution in [0, 0.1) is 0 Å². The lowest BCUT2D eigenvalue weighted by atomic mass is 10.3. The van der Waals surface area contributed by atoms with Crippen molar-refractivity contribution < 1.29 is 0 Å². The zero-order chi connectivity index (χ0) is 10.4. The van der Waals surface area contributed by atoms with Gasteiger partial charge in [-0.05, 0) is 26.3 Å². The summed E-state index contributed by atoms with van der Waals surface area (Å²) in [7, 11) is 0. The van der Waals surface area contributed by atoms with Crippen LogP contribution in [0.25, 0.3) is 0 Å². The van der Waals surface area contributed by atoms with E-state index in [2.05, 4.69) is 36.2 Å². The molecule has 80 valence electrons. The molecule has 0 aliphatic rings. The highest BCUT2D eigenvalue weighted by Crippen LogP contribution is 2.09. The van der Waals surface area contributed by atoms with Gasteiger partial charge in [-0.25, -0.2) is 9.67 Å². The monoisotopic (exact) mass is 196 g/mol. The first-order chi connectivity index (χ1) is 6.79. The molecule has 1 unspecified atom stereocenters. The van der Waals surface area contributed by atoms with Crippen LogP contribution in [0.2, 0.25) is 0 Å². The van der Waals surface area contributed by atoms with Crippen LogP contribution >= 0.6 is 0 Å². The third kappa shape index (κ3) is 2.80. The molecule has 0 aliphatic carbocycles. The van der Waals surface area contributed by atoms with Gasteiger partial charge < -0.3 is 5.32 Å². The average molecular weight is 196 g/mol. The molecule has 1 aromatic rings. The molecule has 0 amide bonds. The molecule has 14 heavy (non-hydrogen) atoms. The highest BCUT2D eigenvalue weighted by atomic mass is 15.4. The lowest BCUT2D eigenvalue weighted by molar-refractivity contribution is 0.448. The first-order valence-corrected chi connectivity index (χ1v) is 5.38. The summed E-state index contributed by atoms with van der Waals surface area (Å²) in [6.45, 7) is 8.34. The Morgan fingerprint density at radius 2 is 2.29 bits per heavy atom. The maximum absolute atomic E-state index is 4.25. The van der Waals surface area contributed by atoms with Crippen LogP contribution in [0.1, 0.15) is 45.5 Å². The van der Waals surface area contributed by atoms with Crippen LogP contribution in [0.3, 0.4) is 0 Å². The molecule has 1 atom stereocenters. The number of hydrogen-bond donors (Lipinski definition) is 1. The normalized spacial score (nSPS) is 13.1. The Kier molecular flexibility index (Phi) is 4.59. The van der Waals surface area contributed by atoms with Crippen molar-refractivity contribution in [3.8, 4) is 0 Å². The zero-order valence-corrected chi connectivity index (χ0v) is 9.32. The first-order valence-electron chi connectivity index (χ1n) is 5.38. The van der Waals surface area contributed by atoms with Gasteiger partial charge in [-0.2, -0.15) is 5.10 Å². The number of aromatic nitrogens is 3. The Morgan fingerprint density at radius 1 is 1.50 bits per heavy atom. The minimum atomic E-state index is 0.441. The van der Waals surface area contributed by atoms with Crippen molar-refractivity contribution in [1.82, 2.24) is 20.1 Å². The van der Waals surface area contributed by atoms with E-state index in [1.807, 2.05) is 4.68 Å². The smallest absolute Gasteiger partial charge is 0.141 e. The van der Waals surface area contributed by atoms with Gasteiger partial charge in [0.25, 0.3) is 0 Å². The summed E-state index contributed by atoms with van der Waals surface area (Å²) in [5, 5.41) is 7.56. The molecule has 0 aliphatic heterocycles. The van der Waals surface area contributed by atoms with Gasteiger partial charge in [-0.3, -0.25) is 0 Å². The fraction of sp³-hybridized carbons (Fsp3) is 0.800. The predicted molar refractivity (Wildman–Crippen MR) is 57.0 cm³/mol. The molecule has 0 radical (unpaired) electrons. The molecular formula is C10H20N4. The van der Waals surface area contributed by atoms with Crippen LogP contribution in [-0.2, 0) is 6.54 Å². The number of nitrogens with one attached hydrogen (secondary N) is 1. The van der Waals surface area contributed by atoms with Crippen molar-refractivity contribution >= 4 is 0 Å². The van der Waals surface area contributed by atoms with E-state index in [0.717, 1.165) is 31.8 Å². The molecule has 1 rings (SSSR count). The van der Waals surface area contributed by atoms with Gasteiger partial charge in [-0.1, -0.05) is 13.8 Å². The van der Waals surface area contributed by atoms with Crippen molar-refractivity contribution in [1.29, 1.82) is 0 Å². The number of rotatable bonds is 6. The Labute approximate surface area is 85.7 Å². The fourth-order valence-electron chi connectivity index (χ4n) is 1.32. The van der Waals surface area contributed by atoms with E-state index < -0.39 is 0 Å². The van der Waals surface area contributed by atoms with Crippen LogP contribution < -0.4 is 5.32 Å². The zero-order valence-electron chi connectivity index (χ0n) is 9.32. The molecule has 0 saturated carbocycles. The summed E-state index contributed by atoms with van der Waals surface area (Å²) in [6, 6.07) is 0.441. The molecule has 1 N–H and O–H groups in total. The van der Waals surface area contributed by atoms with E-state index in [0.29, 0.717) is 6.04 Å². The molecular weight excluding hydrogens is 176 g/mol. The van der Waals surface area contributed by atoms with Crippen LogP contribution in [0.4, 0.5) is 0 Å². The van der Waals surface area contributed by atoms with Crippen molar-refractivity contribution in [3.63, 3.8) is 0 Å². The lowest BCUT2D eigenvalue weighted by Gasteiger charge is -2.12. The van der Waals surface area contributed by atoms with E-state index >= 15 is 0 Å². The first kappa shape index (κ1) is 11.2. The highest BCUT2D eigenvalue weighted by Gasteiger charge is 2.08. The minimum Gasteiger partial charge on any atom is -0.310 e. The van der Waals surface area contributed by atoms with E-state index in [4.69, 9.17) is 0 Å².